The molecule has 3 rings (SSSR count). The fraction of sp³-hybridized carbons (Fsp3) is 0. The molecular formula is C20H13F2NO4. The predicted molar refractivity (Wildman–Crippen MR) is 94.8 cm³/mol. The minimum atomic E-state index is -1.31. The number of phenols is 1. The summed E-state index contributed by atoms with van der Waals surface area (Å²) in [6.07, 6.45) is 0. The first-order valence-electron chi connectivity index (χ1n) is 7.78. The molecular weight excluding hydrogens is 356 g/mol. The number of anilines is 1. The van der Waals surface area contributed by atoms with Gasteiger partial charge in [0.05, 0.1) is 11.1 Å². The molecule has 0 aliphatic heterocycles. The summed E-state index contributed by atoms with van der Waals surface area (Å²) < 4.78 is 26.5. The Balaban J connectivity index is 1.91. The second kappa shape index (κ2) is 7.25. The number of phenolic OH excluding ortho intramolecular Hbond substituents is 1. The van der Waals surface area contributed by atoms with Gasteiger partial charge in [-0.15, -0.1) is 0 Å². The molecule has 0 aromatic heterocycles. The average molecular weight is 369 g/mol. The first-order valence-corrected chi connectivity index (χ1v) is 7.78. The molecule has 5 nitrogen and oxygen atoms in total. The molecule has 1 amide bonds. The molecule has 0 atom stereocenters. The van der Waals surface area contributed by atoms with E-state index in [-0.39, 0.29) is 16.9 Å². The van der Waals surface area contributed by atoms with Crippen molar-refractivity contribution < 1.29 is 28.6 Å². The molecule has 3 N–H and O–H groups in total. The Morgan fingerprint density at radius 3 is 2.26 bits per heavy atom. The van der Waals surface area contributed by atoms with Crippen LogP contribution in [-0.2, 0) is 0 Å². The Hall–Kier alpha value is -3.74. The molecule has 0 heterocycles. The third-order valence-electron chi connectivity index (χ3n) is 3.85. The van der Waals surface area contributed by atoms with E-state index in [1.807, 2.05) is 0 Å². The van der Waals surface area contributed by atoms with Gasteiger partial charge in [0.15, 0.2) is 11.6 Å². The van der Waals surface area contributed by atoms with Gasteiger partial charge in [-0.3, -0.25) is 4.79 Å². The monoisotopic (exact) mass is 369 g/mol. The average Bonchev–Trinajstić information content (AvgIpc) is 2.64. The van der Waals surface area contributed by atoms with Crippen LogP contribution < -0.4 is 5.32 Å². The molecule has 3 aromatic carbocycles. The van der Waals surface area contributed by atoms with Crippen molar-refractivity contribution in [2.75, 3.05) is 5.32 Å². The normalized spacial score (nSPS) is 10.4. The molecule has 136 valence electrons. The van der Waals surface area contributed by atoms with Gasteiger partial charge in [-0.2, -0.15) is 0 Å². The summed E-state index contributed by atoms with van der Waals surface area (Å²) in [7, 11) is 0. The first-order chi connectivity index (χ1) is 12.8. The third kappa shape index (κ3) is 3.92. The van der Waals surface area contributed by atoms with Crippen LogP contribution in [0.15, 0.2) is 60.7 Å². The van der Waals surface area contributed by atoms with Crippen LogP contribution in [-0.4, -0.2) is 22.1 Å². The summed E-state index contributed by atoms with van der Waals surface area (Å²) >= 11 is 0. The number of halogens is 2. The summed E-state index contributed by atoms with van der Waals surface area (Å²) in [5, 5.41) is 21.3. The lowest BCUT2D eigenvalue weighted by molar-refractivity contribution is 0.0692. The maximum Gasteiger partial charge on any atom is 0.336 e. The van der Waals surface area contributed by atoms with Crippen LogP contribution in [0.2, 0.25) is 0 Å². The van der Waals surface area contributed by atoms with Crippen LogP contribution in [0.4, 0.5) is 14.5 Å². The first kappa shape index (κ1) is 18.1. The largest absolute Gasteiger partial charge is 0.508 e. The van der Waals surface area contributed by atoms with Gasteiger partial charge in [-0.25, -0.2) is 13.6 Å². The molecule has 0 spiro atoms. The van der Waals surface area contributed by atoms with Gasteiger partial charge in [0.1, 0.15) is 5.75 Å². The van der Waals surface area contributed by atoms with Crippen molar-refractivity contribution in [1.82, 2.24) is 0 Å². The number of carbonyl (C=O) groups excluding carboxylic acids is 1. The molecule has 0 fully saturated rings. The fourth-order valence-corrected chi connectivity index (χ4v) is 2.56. The van der Waals surface area contributed by atoms with Crippen LogP contribution in [0.5, 0.6) is 5.75 Å². The number of carbonyl (C=O) groups is 2. The van der Waals surface area contributed by atoms with Crippen LogP contribution in [0.3, 0.4) is 0 Å². The lowest BCUT2D eigenvalue weighted by atomic mass is 10.0. The number of nitrogens with one attached hydrogen (secondary N) is 1. The van der Waals surface area contributed by atoms with Gasteiger partial charge >= 0.3 is 5.97 Å². The molecule has 0 saturated heterocycles. The van der Waals surface area contributed by atoms with E-state index in [0.29, 0.717) is 16.8 Å². The predicted octanol–water partition coefficient (Wildman–Crippen LogP) is 4.29. The van der Waals surface area contributed by atoms with Gasteiger partial charge in [0.2, 0.25) is 0 Å². The van der Waals surface area contributed by atoms with Crippen LogP contribution >= 0.6 is 0 Å². The minimum absolute atomic E-state index is 0.208. The molecule has 0 unspecified atom stereocenters. The molecule has 7 heteroatoms. The summed E-state index contributed by atoms with van der Waals surface area (Å²) in [5.74, 6) is -4.25. The molecule has 0 aliphatic rings. The number of carboxylic acid groups (broad SMARTS) is 1. The smallest absolute Gasteiger partial charge is 0.336 e. The zero-order chi connectivity index (χ0) is 19.6. The Kier molecular flexibility index (Phi) is 4.85. The zero-order valence-corrected chi connectivity index (χ0v) is 13.7. The van der Waals surface area contributed by atoms with Crippen LogP contribution in [0, 0.1) is 11.6 Å². The van der Waals surface area contributed by atoms with Gasteiger partial charge in [0, 0.05) is 5.69 Å². The van der Waals surface area contributed by atoms with Crippen molar-refractivity contribution in [3.63, 3.8) is 0 Å². The van der Waals surface area contributed by atoms with E-state index in [1.54, 1.807) is 18.2 Å². The number of benzene rings is 3. The number of carboxylic acids is 1. The van der Waals surface area contributed by atoms with Crippen LogP contribution in [0.1, 0.15) is 20.7 Å². The highest BCUT2D eigenvalue weighted by Crippen LogP contribution is 2.25. The van der Waals surface area contributed by atoms with Crippen molar-refractivity contribution in [2.45, 2.75) is 0 Å². The maximum absolute atomic E-state index is 13.4. The van der Waals surface area contributed by atoms with E-state index in [9.17, 15) is 28.6 Å². The van der Waals surface area contributed by atoms with Crippen molar-refractivity contribution >= 4 is 17.6 Å². The van der Waals surface area contributed by atoms with Gasteiger partial charge in [-0.1, -0.05) is 18.2 Å². The molecule has 3 aromatic rings. The van der Waals surface area contributed by atoms with E-state index < -0.39 is 23.5 Å². The molecule has 27 heavy (non-hydrogen) atoms. The van der Waals surface area contributed by atoms with Gasteiger partial charge in [-0.05, 0) is 53.6 Å². The highest BCUT2D eigenvalue weighted by atomic mass is 19.2. The Morgan fingerprint density at radius 1 is 0.815 bits per heavy atom. The van der Waals surface area contributed by atoms with E-state index in [0.717, 1.165) is 24.3 Å². The molecule has 0 saturated carbocycles. The maximum atomic E-state index is 13.4. The van der Waals surface area contributed by atoms with Crippen molar-refractivity contribution in [2.24, 2.45) is 0 Å². The van der Waals surface area contributed by atoms with Crippen molar-refractivity contribution in [1.29, 1.82) is 0 Å². The summed E-state index contributed by atoms with van der Waals surface area (Å²) in [6.45, 7) is 0. The lowest BCUT2D eigenvalue weighted by Gasteiger charge is -2.10. The molecule has 0 bridgehead atoms. The van der Waals surface area contributed by atoms with E-state index in [4.69, 9.17) is 0 Å². The number of aromatic hydroxyl groups is 1. The van der Waals surface area contributed by atoms with E-state index >= 15 is 0 Å². The third-order valence-corrected chi connectivity index (χ3v) is 3.85. The topological polar surface area (TPSA) is 86.6 Å². The zero-order valence-electron chi connectivity index (χ0n) is 13.7. The molecule has 0 radical (unpaired) electrons. The van der Waals surface area contributed by atoms with E-state index in [1.165, 1.54) is 18.2 Å². The van der Waals surface area contributed by atoms with Crippen molar-refractivity contribution in [3.05, 3.63) is 83.4 Å². The van der Waals surface area contributed by atoms with Gasteiger partial charge < -0.3 is 15.5 Å². The second-order valence-electron chi connectivity index (χ2n) is 5.70. The number of amides is 1. The Bertz CT molecular complexity index is 1050. The number of aromatic carboxylic acids is 1. The Morgan fingerprint density at radius 2 is 1.56 bits per heavy atom. The lowest BCUT2D eigenvalue weighted by Crippen LogP contribution is -2.16. The quantitative estimate of drug-likeness (QED) is 0.640. The summed E-state index contributed by atoms with van der Waals surface area (Å²) in [6, 6.07) is 13.1. The van der Waals surface area contributed by atoms with E-state index in [2.05, 4.69) is 5.32 Å². The fourth-order valence-electron chi connectivity index (χ4n) is 2.56. The summed E-state index contributed by atoms with van der Waals surface area (Å²) in [5.41, 5.74) is 0.791. The highest BCUT2D eigenvalue weighted by molar-refractivity contribution is 6.11. The number of rotatable bonds is 4. The minimum Gasteiger partial charge on any atom is -0.508 e. The molecule has 0 aliphatic carbocycles. The van der Waals surface area contributed by atoms with Crippen molar-refractivity contribution in [3.8, 4) is 16.9 Å². The Labute approximate surface area is 152 Å². The summed E-state index contributed by atoms with van der Waals surface area (Å²) in [4.78, 5) is 23.7. The van der Waals surface area contributed by atoms with Crippen LogP contribution in [0.25, 0.3) is 11.1 Å². The second-order valence-corrected chi connectivity index (χ2v) is 5.70. The number of hydrogen-bond acceptors (Lipinski definition) is 3. The highest BCUT2D eigenvalue weighted by Gasteiger charge is 2.17. The number of hydrogen-bond donors (Lipinski definition) is 3. The van der Waals surface area contributed by atoms with Gasteiger partial charge in [0.25, 0.3) is 5.91 Å². The SMILES string of the molecule is O=C(O)c1ccc(O)cc1C(=O)Nc1cccc(-c2ccc(F)c(F)c2)c1. The standard InChI is InChI=1S/C20H13F2NO4/c21-17-7-4-12(9-18(17)22)11-2-1-3-13(8-11)23-19(25)16-10-14(24)5-6-15(16)20(26)27/h1-10,24H,(H,23,25)(H,26,27).